The zero-order valence-corrected chi connectivity index (χ0v) is 8.38. The van der Waals surface area contributed by atoms with E-state index in [4.69, 9.17) is 0 Å². The van der Waals surface area contributed by atoms with Gasteiger partial charge in [0.25, 0.3) is 0 Å². The first kappa shape index (κ1) is 8.75. The molecule has 0 saturated carbocycles. The van der Waals surface area contributed by atoms with Gasteiger partial charge in [-0.05, 0) is 24.9 Å². The zero-order valence-electron chi connectivity index (χ0n) is 8.38. The maximum absolute atomic E-state index is 4.46. The molecule has 0 aromatic carbocycles. The van der Waals surface area contributed by atoms with E-state index in [0.717, 1.165) is 19.5 Å². The largest absolute Gasteiger partial charge is 0.316 e. The molecule has 0 bridgehead atoms. The lowest BCUT2D eigenvalue weighted by Crippen LogP contribution is -2.08. The lowest BCUT2D eigenvalue weighted by Gasteiger charge is -2.06. The van der Waals surface area contributed by atoms with Gasteiger partial charge >= 0.3 is 0 Å². The molecule has 1 aliphatic heterocycles. The molecular formula is C10H17N3. The Morgan fingerprint density at radius 3 is 3.15 bits per heavy atom. The summed E-state index contributed by atoms with van der Waals surface area (Å²) in [6, 6.07) is 0. The molecule has 2 rings (SSSR count). The van der Waals surface area contributed by atoms with E-state index in [2.05, 4.69) is 23.5 Å². The van der Waals surface area contributed by atoms with Gasteiger partial charge in [0.2, 0.25) is 0 Å². The molecule has 1 aliphatic rings. The summed E-state index contributed by atoms with van der Waals surface area (Å²) in [4.78, 5) is 0. The Kier molecular flexibility index (Phi) is 2.36. The fourth-order valence-electron chi connectivity index (χ4n) is 2.09. The molecule has 1 atom stereocenters. The van der Waals surface area contributed by atoms with Crippen molar-refractivity contribution in [1.82, 2.24) is 15.1 Å². The molecule has 3 heteroatoms. The number of hydrogen-bond donors (Lipinski definition) is 1. The van der Waals surface area contributed by atoms with E-state index in [-0.39, 0.29) is 0 Å². The van der Waals surface area contributed by atoms with Crippen molar-refractivity contribution in [3.63, 3.8) is 0 Å². The van der Waals surface area contributed by atoms with Gasteiger partial charge in [-0.15, -0.1) is 0 Å². The van der Waals surface area contributed by atoms with Crippen LogP contribution in [0.3, 0.4) is 0 Å². The first-order valence-electron chi connectivity index (χ1n) is 5.04. The Bertz CT molecular complexity index is 284. The van der Waals surface area contributed by atoms with Gasteiger partial charge in [0.15, 0.2) is 0 Å². The first-order chi connectivity index (χ1) is 6.31. The van der Waals surface area contributed by atoms with Crippen molar-refractivity contribution in [3.8, 4) is 0 Å². The Hall–Kier alpha value is -0.830. The molecule has 0 aliphatic carbocycles. The predicted molar refractivity (Wildman–Crippen MR) is 52.8 cm³/mol. The lowest BCUT2D eigenvalue weighted by molar-refractivity contribution is 0.746. The van der Waals surface area contributed by atoms with Crippen LogP contribution in [0, 0.1) is 0 Å². The molecule has 1 saturated heterocycles. The Morgan fingerprint density at radius 1 is 1.69 bits per heavy atom. The highest BCUT2D eigenvalue weighted by molar-refractivity contribution is 5.23. The molecule has 0 radical (unpaired) electrons. The van der Waals surface area contributed by atoms with Crippen LogP contribution in [-0.2, 0) is 13.5 Å². The molecular weight excluding hydrogens is 162 g/mol. The molecule has 3 nitrogen and oxygen atoms in total. The van der Waals surface area contributed by atoms with Gasteiger partial charge in [-0.3, -0.25) is 4.68 Å². The van der Waals surface area contributed by atoms with E-state index in [1.54, 1.807) is 0 Å². The quantitative estimate of drug-likeness (QED) is 0.735. The van der Waals surface area contributed by atoms with E-state index in [1.807, 2.05) is 11.7 Å². The van der Waals surface area contributed by atoms with Gasteiger partial charge < -0.3 is 5.32 Å². The molecule has 1 N–H and O–H groups in total. The summed E-state index contributed by atoms with van der Waals surface area (Å²) in [5.74, 6) is 0.698. The second-order valence-corrected chi connectivity index (χ2v) is 3.75. The predicted octanol–water partition coefficient (Wildman–Crippen LogP) is 1.06. The van der Waals surface area contributed by atoms with E-state index in [0.29, 0.717) is 5.92 Å². The zero-order chi connectivity index (χ0) is 9.26. The first-order valence-corrected chi connectivity index (χ1v) is 5.04. The van der Waals surface area contributed by atoms with Crippen LogP contribution in [0.15, 0.2) is 6.20 Å². The third-order valence-corrected chi connectivity index (χ3v) is 2.77. The number of nitrogens with one attached hydrogen (secondary N) is 1. The van der Waals surface area contributed by atoms with Gasteiger partial charge in [0, 0.05) is 25.7 Å². The fraction of sp³-hybridized carbons (Fsp3) is 0.700. The second kappa shape index (κ2) is 3.50. The summed E-state index contributed by atoms with van der Waals surface area (Å²) in [5.41, 5.74) is 2.73. The van der Waals surface area contributed by atoms with Crippen molar-refractivity contribution >= 4 is 0 Å². The minimum Gasteiger partial charge on any atom is -0.316 e. The average Bonchev–Trinajstić information content (AvgIpc) is 2.71. The summed E-state index contributed by atoms with van der Waals surface area (Å²) in [7, 11) is 2.00. The third-order valence-electron chi connectivity index (χ3n) is 2.77. The third kappa shape index (κ3) is 1.61. The second-order valence-electron chi connectivity index (χ2n) is 3.75. The van der Waals surface area contributed by atoms with Gasteiger partial charge in [-0.2, -0.15) is 5.10 Å². The number of hydrogen-bond acceptors (Lipinski definition) is 2. The van der Waals surface area contributed by atoms with E-state index in [1.165, 1.54) is 17.7 Å². The Balaban J connectivity index is 2.26. The van der Waals surface area contributed by atoms with Crippen molar-refractivity contribution in [2.24, 2.45) is 7.05 Å². The summed E-state index contributed by atoms with van der Waals surface area (Å²) < 4.78 is 1.94. The summed E-state index contributed by atoms with van der Waals surface area (Å²) >= 11 is 0. The standard InChI is InChI=1S/C10H17N3/c1-3-10-9(7-13(2)12-10)8-4-5-11-6-8/h7-8,11H,3-6H2,1-2H3. The average molecular weight is 179 g/mol. The topological polar surface area (TPSA) is 29.9 Å². The maximum Gasteiger partial charge on any atom is 0.0657 e. The fourth-order valence-corrected chi connectivity index (χ4v) is 2.09. The SMILES string of the molecule is CCc1nn(C)cc1C1CCNC1. The summed E-state index contributed by atoms with van der Waals surface area (Å²) in [6.45, 7) is 4.45. The van der Waals surface area contributed by atoms with Crippen molar-refractivity contribution in [2.75, 3.05) is 13.1 Å². The van der Waals surface area contributed by atoms with Crippen molar-refractivity contribution < 1.29 is 0 Å². The van der Waals surface area contributed by atoms with E-state index in [9.17, 15) is 0 Å². The van der Waals surface area contributed by atoms with Crippen LogP contribution in [0.4, 0.5) is 0 Å². The van der Waals surface area contributed by atoms with Crippen LogP contribution < -0.4 is 5.32 Å². The van der Waals surface area contributed by atoms with Gasteiger partial charge in [-0.1, -0.05) is 6.92 Å². The van der Waals surface area contributed by atoms with Gasteiger partial charge in [-0.25, -0.2) is 0 Å². The highest BCUT2D eigenvalue weighted by Gasteiger charge is 2.20. The highest BCUT2D eigenvalue weighted by Crippen LogP contribution is 2.24. The van der Waals surface area contributed by atoms with Gasteiger partial charge in [0.05, 0.1) is 5.69 Å². The summed E-state index contributed by atoms with van der Waals surface area (Å²) in [6.07, 6.45) is 4.49. The minimum atomic E-state index is 0.698. The molecule has 1 unspecified atom stereocenters. The van der Waals surface area contributed by atoms with E-state index >= 15 is 0 Å². The smallest absolute Gasteiger partial charge is 0.0657 e. The minimum absolute atomic E-state index is 0.698. The summed E-state index contributed by atoms with van der Waals surface area (Å²) in [5, 5.41) is 7.86. The maximum atomic E-state index is 4.46. The van der Waals surface area contributed by atoms with Crippen molar-refractivity contribution in [3.05, 3.63) is 17.5 Å². The molecule has 1 aromatic heterocycles. The van der Waals surface area contributed by atoms with Gasteiger partial charge in [0.1, 0.15) is 0 Å². The van der Waals surface area contributed by atoms with Crippen molar-refractivity contribution in [1.29, 1.82) is 0 Å². The lowest BCUT2D eigenvalue weighted by atomic mass is 9.98. The van der Waals surface area contributed by atoms with Crippen molar-refractivity contribution in [2.45, 2.75) is 25.7 Å². The molecule has 1 aromatic rings. The normalized spacial score (nSPS) is 22.5. The molecule has 2 heterocycles. The molecule has 1 fully saturated rings. The molecule has 0 spiro atoms. The van der Waals surface area contributed by atoms with Crippen LogP contribution in [-0.4, -0.2) is 22.9 Å². The van der Waals surface area contributed by atoms with E-state index < -0.39 is 0 Å². The molecule has 72 valence electrons. The number of rotatable bonds is 2. The highest BCUT2D eigenvalue weighted by atomic mass is 15.3. The van der Waals surface area contributed by atoms with Crippen LogP contribution in [0.5, 0.6) is 0 Å². The van der Waals surface area contributed by atoms with Crippen LogP contribution in [0.1, 0.15) is 30.5 Å². The molecule has 13 heavy (non-hydrogen) atoms. The van der Waals surface area contributed by atoms with Crippen LogP contribution in [0.2, 0.25) is 0 Å². The number of aromatic nitrogens is 2. The monoisotopic (exact) mass is 179 g/mol. The Morgan fingerprint density at radius 2 is 2.54 bits per heavy atom. The number of aryl methyl sites for hydroxylation is 2. The van der Waals surface area contributed by atoms with Crippen LogP contribution in [0.25, 0.3) is 0 Å². The molecule has 0 amide bonds. The Labute approximate surface area is 79.1 Å². The van der Waals surface area contributed by atoms with Crippen LogP contribution >= 0.6 is 0 Å². The number of nitrogens with zero attached hydrogens (tertiary/aromatic N) is 2.